The minimum atomic E-state index is -0.182. The van der Waals surface area contributed by atoms with Crippen molar-refractivity contribution in [3.8, 4) is 0 Å². The molecule has 0 saturated carbocycles. The Bertz CT molecular complexity index is 600. The molecule has 0 atom stereocenters. The molecule has 1 heterocycles. The topological polar surface area (TPSA) is 68.3 Å². The van der Waals surface area contributed by atoms with Crippen LogP contribution in [0.2, 0.25) is 0 Å². The van der Waals surface area contributed by atoms with Crippen molar-refractivity contribution < 1.29 is 9.21 Å². The summed E-state index contributed by atoms with van der Waals surface area (Å²) in [5, 5.41) is 2.84. The summed E-state index contributed by atoms with van der Waals surface area (Å²) in [6.45, 7) is 5.46. The van der Waals surface area contributed by atoms with Gasteiger partial charge in [0.1, 0.15) is 11.5 Å². The van der Waals surface area contributed by atoms with E-state index in [9.17, 15) is 4.79 Å². The van der Waals surface area contributed by atoms with E-state index < -0.39 is 0 Å². The molecule has 0 unspecified atom stereocenters. The zero-order valence-corrected chi connectivity index (χ0v) is 10.7. The van der Waals surface area contributed by atoms with Crippen LogP contribution in [0.15, 0.2) is 28.7 Å². The quantitative estimate of drug-likeness (QED) is 0.798. The van der Waals surface area contributed by atoms with Gasteiger partial charge in [-0.15, -0.1) is 0 Å². The van der Waals surface area contributed by atoms with Gasteiger partial charge in [0.15, 0.2) is 0 Å². The highest BCUT2D eigenvalue weighted by Gasteiger charge is 2.14. The number of nitrogens with two attached hydrogens (primary N) is 1. The maximum Gasteiger partial charge on any atom is 0.259 e. The van der Waals surface area contributed by atoms with Gasteiger partial charge in [0.25, 0.3) is 5.91 Å². The Labute approximate surface area is 106 Å². The number of nitrogen functional groups attached to an aromatic ring is 1. The molecule has 0 spiro atoms. The number of carbonyl (C=O) groups is 1. The minimum absolute atomic E-state index is 0.182. The molecular weight excluding hydrogens is 228 g/mol. The monoisotopic (exact) mass is 244 g/mol. The lowest BCUT2D eigenvalue weighted by Crippen LogP contribution is -2.13. The van der Waals surface area contributed by atoms with Crippen LogP contribution in [0, 0.1) is 20.8 Å². The van der Waals surface area contributed by atoms with Crippen molar-refractivity contribution in [3.63, 3.8) is 0 Å². The van der Waals surface area contributed by atoms with Crippen molar-refractivity contribution in [2.24, 2.45) is 0 Å². The number of amides is 1. The third-order valence-corrected chi connectivity index (χ3v) is 2.91. The summed E-state index contributed by atoms with van der Waals surface area (Å²) in [6.07, 6.45) is 0. The van der Waals surface area contributed by atoms with Gasteiger partial charge < -0.3 is 15.5 Å². The molecule has 4 heteroatoms. The van der Waals surface area contributed by atoms with Crippen LogP contribution < -0.4 is 11.1 Å². The first-order valence-corrected chi connectivity index (χ1v) is 5.72. The van der Waals surface area contributed by atoms with Crippen molar-refractivity contribution in [2.45, 2.75) is 20.8 Å². The van der Waals surface area contributed by atoms with Crippen molar-refractivity contribution in [1.29, 1.82) is 0 Å². The number of anilines is 2. The van der Waals surface area contributed by atoms with Crippen LogP contribution in [-0.4, -0.2) is 5.91 Å². The van der Waals surface area contributed by atoms with Crippen LogP contribution in [0.5, 0.6) is 0 Å². The summed E-state index contributed by atoms with van der Waals surface area (Å²) in [6, 6.07) is 7.17. The molecule has 94 valence electrons. The molecule has 0 radical (unpaired) electrons. The van der Waals surface area contributed by atoms with Gasteiger partial charge in [0.2, 0.25) is 0 Å². The first-order chi connectivity index (χ1) is 8.49. The van der Waals surface area contributed by atoms with Crippen LogP contribution in [0.25, 0.3) is 0 Å². The second-order valence-corrected chi connectivity index (χ2v) is 4.30. The SMILES string of the molecule is Cc1cc(C(=O)Nc2cccc(N)c2C)c(C)o1. The fourth-order valence-electron chi connectivity index (χ4n) is 1.83. The van der Waals surface area contributed by atoms with E-state index in [0.717, 1.165) is 17.0 Å². The van der Waals surface area contributed by atoms with Gasteiger partial charge in [-0.1, -0.05) is 6.07 Å². The minimum Gasteiger partial charge on any atom is -0.466 e. The Morgan fingerprint density at radius 1 is 1.28 bits per heavy atom. The molecule has 1 aromatic carbocycles. The summed E-state index contributed by atoms with van der Waals surface area (Å²) in [5.74, 6) is 1.16. The van der Waals surface area contributed by atoms with E-state index in [4.69, 9.17) is 10.2 Å². The molecule has 3 N–H and O–H groups in total. The Hall–Kier alpha value is -2.23. The van der Waals surface area contributed by atoms with Crippen molar-refractivity contribution >= 4 is 17.3 Å². The number of rotatable bonds is 2. The van der Waals surface area contributed by atoms with E-state index in [2.05, 4.69) is 5.32 Å². The highest BCUT2D eigenvalue weighted by molar-refractivity contribution is 6.05. The van der Waals surface area contributed by atoms with Gasteiger partial charge in [-0.25, -0.2) is 0 Å². The molecule has 0 aliphatic rings. The average Bonchev–Trinajstić information content (AvgIpc) is 2.64. The van der Waals surface area contributed by atoms with Crippen molar-refractivity contribution in [3.05, 3.63) is 46.9 Å². The summed E-state index contributed by atoms with van der Waals surface area (Å²) < 4.78 is 5.34. The number of benzene rings is 1. The fraction of sp³-hybridized carbons (Fsp3) is 0.214. The Morgan fingerprint density at radius 3 is 2.61 bits per heavy atom. The zero-order chi connectivity index (χ0) is 13.3. The number of hydrogen-bond acceptors (Lipinski definition) is 3. The maximum absolute atomic E-state index is 12.1. The second-order valence-electron chi connectivity index (χ2n) is 4.30. The predicted octanol–water partition coefficient (Wildman–Crippen LogP) is 3.04. The van der Waals surface area contributed by atoms with Crippen molar-refractivity contribution in [1.82, 2.24) is 0 Å². The number of hydrogen-bond donors (Lipinski definition) is 2. The van der Waals surface area contributed by atoms with E-state index in [-0.39, 0.29) is 5.91 Å². The highest BCUT2D eigenvalue weighted by Crippen LogP contribution is 2.22. The Balaban J connectivity index is 2.27. The number of aryl methyl sites for hydroxylation is 2. The third kappa shape index (κ3) is 2.22. The predicted molar refractivity (Wildman–Crippen MR) is 71.7 cm³/mol. The summed E-state index contributed by atoms with van der Waals surface area (Å²) in [7, 11) is 0. The normalized spacial score (nSPS) is 10.4. The molecule has 0 aliphatic carbocycles. The molecule has 0 saturated heterocycles. The lowest BCUT2D eigenvalue weighted by molar-refractivity contribution is 0.102. The third-order valence-electron chi connectivity index (χ3n) is 2.91. The molecule has 1 aromatic heterocycles. The average molecular weight is 244 g/mol. The number of nitrogens with one attached hydrogen (secondary N) is 1. The molecule has 2 rings (SSSR count). The molecule has 18 heavy (non-hydrogen) atoms. The molecule has 0 bridgehead atoms. The standard InChI is InChI=1S/C14H16N2O2/c1-8-7-11(10(3)18-8)14(17)16-13-6-4-5-12(15)9(13)2/h4-7H,15H2,1-3H3,(H,16,17). The Kier molecular flexibility index (Phi) is 3.10. The zero-order valence-electron chi connectivity index (χ0n) is 10.7. The smallest absolute Gasteiger partial charge is 0.259 e. The van der Waals surface area contributed by atoms with Crippen LogP contribution >= 0.6 is 0 Å². The summed E-state index contributed by atoms with van der Waals surface area (Å²) >= 11 is 0. The van der Waals surface area contributed by atoms with Gasteiger partial charge in [-0.3, -0.25) is 4.79 Å². The van der Waals surface area contributed by atoms with E-state index in [1.54, 1.807) is 19.1 Å². The number of furan rings is 1. The fourth-order valence-corrected chi connectivity index (χ4v) is 1.83. The molecular formula is C14H16N2O2. The first kappa shape index (κ1) is 12.2. The van der Waals surface area contributed by atoms with Gasteiger partial charge in [0, 0.05) is 11.4 Å². The first-order valence-electron chi connectivity index (χ1n) is 5.72. The van der Waals surface area contributed by atoms with Gasteiger partial charge >= 0.3 is 0 Å². The van der Waals surface area contributed by atoms with E-state index in [1.165, 1.54) is 0 Å². The van der Waals surface area contributed by atoms with E-state index in [0.29, 0.717) is 17.0 Å². The van der Waals surface area contributed by atoms with Crippen molar-refractivity contribution in [2.75, 3.05) is 11.1 Å². The van der Waals surface area contributed by atoms with Crippen LogP contribution in [0.1, 0.15) is 27.4 Å². The second kappa shape index (κ2) is 4.56. The molecule has 2 aromatic rings. The molecule has 4 nitrogen and oxygen atoms in total. The van der Waals surface area contributed by atoms with Gasteiger partial charge in [-0.2, -0.15) is 0 Å². The summed E-state index contributed by atoms with van der Waals surface area (Å²) in [4.78, 5) is 12.1. The molecule has 0 aliphatic heterocycles. The maximum atomic E-state index is 12.1. The molecule has 0 fully saturated rings. The lowest BCUT2D eigenvalue weighted by Gasteiger charge is -2.09. The molecule has 1 amide bonds. The van der Waals surface area contributed by atoms with Gasteiger partial charge in [-0.05, 0) is 44.5 Å². The lowest BCUT2D eigenvalue weighted by atomic mass is 10.1. The van der Waals surface area contributed by atoms with Crippen LogP contribution in [0.4, 0.5) is 11.4 Å². The highest BCUT2D eigenvalue weighted by atomic mass is 16.3. The summed E-state index contributed by atoms with van der Waals surface area (Å²) in [5.41, 5.74) is 8.59. The van der Waals surface area contributed by atoms with Gasteiger partial charge in [0.05, 0.1) is 5.56 Å². The van der Waals surface area contributed by atoms with E-state index >= 15 is 0 Å². The van der Waals surface area contributed by atoms with Crippen LogP contribution in [0.3, 0.4) is 0 Å². The number of carbonyl (C=O) groups excluding carboxylic acids is 1. The Morgan fingerprint density at radius 2 is 2.00 bits per heavy atom. The van der Waals surface area contributed by atoms with Crippen LogP contribution in [-0.2, 0) is 0 Å². The largest absolute Gasteiger partial charge is 0.466 e. The van der Waals surface area contributed by atoms with E-state index in [1.807, 2.05) is 26.0 Å².